The Morgan fingerprint density at radius 2 is 0.867 bits per heavy atom. The van der Waals surface area contributed by atoms with Gasteiger partial charge in [0.15, 0.2) is 0 Å². The number of hydrogen-bond donors (Lipinski definition) is 0. The lowest BCUT2D eigenvalue weighted by atomic mass is 9.85. The average Bonchev–Trinajstić information content (AvgIpc) is 3.74. The zero-order valence-corrected chi connectivity index (χ0v) is 33.2. The van der Waals surface area contributed by atoms with Gasteiger partial charge in [-0.2, -0.15) is 0 Å². The van der Waals surface area contributed by atoms with Crippen molar-refractivity contribution in [1.29, 1.82) is 0 Å². The van der Waals surface area contributed by atoms with Crippen molar-refractivity contribution in [1.82, 2.24) is 0 Å². The first-order valence-corrected chi connectivity index (χ1v) is 21.1. The molecular weight excluding hydrogens is 743 g/mol. The topological polar surface area (TPSA) is 3.24 Å². The van der Waals surface area contributed by atoms with Gasteiger partial charge in [-0.25, -0.2) is 0 Å². The van der Waals surface area contributed by atoms with Crippen LogP contribution < -0.4 is 4.90 Å². The van der Waals surface area contributed by atoms with Crippen LogP contribution in [0.1, 0.15) is 5.48 Å². The van der Waals surface area contributed by atoms with E-state index in [2.05, 4.69) is 152 Å². The highest BCUT2D eigenvalue weighted by Gasteiger charge is 2.21. The van der Waals surface area contributed by atoms with E-state index in [4.69, 9.17) is 0 Å². The molecule has 0 atom stereocenters. The van der Waals surface area contributed by atoms with E-state index in [1.807, 2.05) is 53.4 Å². The van der Waals surface area contributed by atoms with Crippen LogP contribution in [0.3, 0.4) is 0 Å². The monoisotopic (exact) mass is 783 g/mol. The maximum atomic E-state index is 9.88. The van der Waals surface area contributed by atoms with Crippen LogP contribution in [0.4, 0.5) is 17.1 Å². The van der Waals surface area contributed by atoms with E-state index in [0.717, 1.165) is 80.7 Å². The van der Waals surface area contributed by atoms with Crippen molar-refractivity contribution in [3.8, 4) is 33.4 Å². The second-order valence-corrected chi connectivity index (χ2v) is 16.3. The molecule has 0 N–H and O–H groups in total. The van der Waals surface area contributed by atoms with Crippen molar-refractivity contribution in [3.63, 3.8) is 0 Å². The summed E-state index contributed by atoms with van der Waals surface area (Å²) in [4.78, 5) is 1.94. The van der Waals surface area contributed by atoms with Gasteiger partial charge >= 0.3 is 0 Å². The van der Waals surface area contributed by atoms with Crippen LogP contribution >= 0.6 is 11.3 Å². The smallest absolute Gasteiger partial charge is 0.0645 e. The molecule has 12 aromatic rings. The lowest BCUT2D eigenvalue weighted by Crippen LogP contribution is -2.10. The SMILES string of the molecule is [2H]c1c([2H])c(N(c2ccc(-c3c(-c4ccccc4)c4ccccc4c4ccccc34)cc2)c2cc3ccccc3c3ccccc23)c([2H])c([2H])c1-c1cccc2c1sc1ccccc12. The highest BCUT2D eigenvalue weighted by Crippen LogP contribution is 2.47. The fraction of sp³-hybridized carbons (Fsp3) is 0. The highest BCUT2D eigenvalue weighted by molar-refractivity contribution is 7.26. The van der Waals surface area contributed by atoms with E-state index in [0.29, 0.717) is 11.1 Å². The van der Waals surface area contributed by atoms with Gasteiger partial charge in [0, 0.05) is 36.9 Å². The molecule has 280 valence electrons. The number of rotatable bonds is 6. The Morgan fingerprint density at radius 3 is 1.55 bits per heavy atom. The Kier molecular flexibility index (Phi) is 7.17. The van der Waals surface area contributed by atoms with Gasteiger partial charge in [0.25, 0.3) is 0 Å². The molecule has 0 aliphatic heterocycles. The molecule has 0 saturated heterocycles. The molecule has 0 bridgehead atoms. The largest absolute Gasteiger partial charge is 0.310 e. The van der Waals surface area contributed by atoms with Crippen molar-refractivity contribution in [3.05, 3.63) is 224 Å². The molecule has 0 aliphatic rings. The fourth-order valence-electron chi connectivity index (χ4n) is 9.23. The summed E-state index contributed by atoms with van der Waals surface area (Å²) in [7, 11) is 0. The fourth-order valence-corrected chi connectivity index (χ4v) is 10.5. The molecule has 1 nitrogen and oxygen atoms in total. The van der Waals surface area contributed by atoms with Crippen molar-refractivity contribution in [2.24, 2.45) is 0 Å². The van der Waals surface area contributed by atoms with Gasteiger partial charge in [-0.3, -0.25) is 0 Å². The van der Waals surface area contributed by atoms with E-state index >= 15 is 0 Å². The van der Waals surface area contributed by atoms with Gasteiger partial charge in [0.2, 0.25) is 0 Å². The predicted molar refractivity (Wildman–Crippen MR) is 260 cm³/mol. The van der Waals surface area contributed by atoms with Gasteiger partial charge in [-0.15, -0.1) is 11.3 Å². The first-order valence-electron chi connectivity index (χ1n) is 22.3. The summed E-state index contributed by atoms with van der Waals surface area (Å²) in [6.45, 7) is 0. The molecule has 0 unspecified atom stereocenters. The van der Waals surface area contributed by atoms with Gasteiger partial charge in [0.05, 0.1) is 11.2 Å². The molecule has 60 heavy (non-hydrogen) atoms. The summed E-state index contributed by atoms with van der Waals surface area (Å²) >= 11 is 1.62. The molecule has 2 heteroatoms. The number of thiophene rings is 1. The Balaban J connectivity index is 1.12. The normalized spacial score (nSPS) is 12.6. The van der Waals surface area contributed by atoms with Gasteiger partial charge in [-0.1, -0.05) is 188 Å². The number of hydrogen-bond acceptors (Lipinski definition) is 2. The third-order valence-electron chi connectivity index (χ3n) is 11.9. The van der Waals surface area contributed by atoms with Crippen molar-refractivity contribution < 1.29 is 5.48 Å². The third-order valence-corrected chi connectivity index (χ3v) is 13.1. The second kappa shape index (κ2) is 14.1. The summed E-state index contributed by atoms with van der Waals surface area (Å²) in [6.07, 6.45) is 0. The van der Waals surface area contributed by atoms with Crippen molar-refractivity contribution in [2.75, 3.05) is 4.90 Å². The van der Waals surface area contributed by atoms with Crippen LogP contribution in [0, 0.1) is 0 Å². The van der Waals surface area contributed by atoms with Crippen molar-refractivity contribution in [2.45, 2.75) is 0 Å². The first kappa shape index (κ1) is 30.5. The first-order chi connectivity index (χ1) is 31.5. The standard InChI is InChI=1S/C58H37NS/c1-2-15-39(16-3-1)56-51-24-10-7-20-47(51)48-21-8-11-25-52(48)57(56)40-31-35-43(36-32-40)59(54-37-41-17-4-5-18-44(41)46-19-6-9-22-49(46)54)42-33-29-38(30-34-42)45-26-14-27-53-50-23-12-13-28-55(50)60-58(45)53/h1-37H/i29D,30D,33D,34D. The van der Waals surface area contributed by atoms with Gasteiger partial charge in [-0.05, 0) is 107 Å². The Bertz CT molecular complexity index is 3810. The quantitative estimate of drug-likeness (QED) is 0.152. The molecule has 0 amide bonds. The minimum absolute atomic E-state index is 0.0807. The Morgan fingerprint density at radius 1 is 0.350 bits per heavy atom. The number of benzene rings is 11. The number of nitrogens with zero attached hydrogens (tertiary/aromatic N) is 1. The molecule has 1 heterocycles. The van der Waals surface area contributed by atoms with Crippen LogP contribution in [0.5, 0.6) is 0 Å². The molecule has 0 saturated carbocycles. The molecule has 0 aliphatic carbocycles. The van der Waals surface area contributed by atoms with Crippen LogP contribution in [0.2, 0.25) is 0 Å². The van der Waals surface area contributed by atoms with E-state index < -0.39 is 0 Å². The maximum absolute atomic E-state index is 9.88. The minimum atomic E-state index is -0.109. The second-order valence-electron chi connectivity index (χ2n) is 15.3. The maximum Gasteiger partial charge on any atom is 0.0645 e. The van der Waals surface area contributed by atoms with E-state index in [9.17, 15) is 5.48 Å². The lowest BCUT2D eigenvalue weighted by Gasteiger charge is -2.28. The molecule has 0 fully saturated rings. The number of fused-ring (bicyclic) bond motifs is 9. The van der Waals surface area contributed by atoms with Crippen LogP contribution in [0.25, 0.3) is 96.6 Å². The highest BCUT2D eigenvalue weighted by atomic mass is 32.1. The van der Waals surface area contributed by atoms with Gasteiger partial charge < -0.3 is 4.90 Å². The third kappa shape index (κ3) is 5.53. The predicted octanol–water partition coefficient (Wildman–Crippen LogP) is 17.1. The van der Waals surface area contributed by atoms with Crippen LogP contribution in [0.15, 0.2) is 224 Å². The summed E-state index contributed by atoms with van der Waals surface area (Å²) in [6, 6.07) is 68.7. The van der Waals surface area contributed by atoms with Crippen molar-refractivity contribution >= 4 is 91.7 Å². The molecular formula is C58H37NS. The molecule has 1 aromatic heterocycles. The summed E-state index contributed by atoms with van der Waals surface area (Å²) in [5, 5.41) is 10.9. The summed E-state index contributed by atoms with van der Waals surface area (Å²) < 4.78 is 41.2. The van der Waals surface area contributed by atoms with Gasteiger partial charge in [0.1, 0.15) is 0 Å². The minimum Gasteiger partial charge on any atom is -0.310 e. The number of anilines is 3. The van der Waals surface area contributed by atoms with Crippen LogP contribution in [-0.4, -0.2) is 0 Å². The van der Waals surface area contributed by atoms with E-state index in [1.165, 1.54) is 16.2 Å². The zero-order chi connectivity index (χ0) is 43.1. The molecule has 0 spiro atoms. The Labute approximate surface area is 358 Å². The lowest BCUT2D eigenvalue weighted by molar-refractivity contribution is 1.30. The molecule has 12 rings (SSSR count). The van der Waals surface area contributed by atoms with Crippen LogP contribution in [-0.2, 0) is 0 Å². The van der Waals surface area contributed by atoms with E-state index in [1.54, 1.807) is 11.3 Å². The average molecular weight is 784 g/mol. The summed E-state index contributed by atoms with van der Waals surface area (Å²) in [5.41, 5.74) is 7.11. The zero-order valence-electron chi connectivity index (χ0n) is 36.4. The Hall–Kier alpha value is -7.52. The molecule has 0 radical (unpaired) electrons. The summed E-state index contributed by atoms with van der Waals surface area (Å²) in [5.74, 6) is 0. The van der Waals surface area contributed by atoms with E-state index in [-0.39, 0.29) is 29.9 Å². The molecule has 11 aromatic carbocycles.